The van der Waals surface area contributed by atoms with Gasteiger partial charge in [-0.3, -0.25) is 9.13 Å². The van der Waals surface area contributed by atoms with Crippen LogP contribution in [0.4, 0.5) is 17.6 Å². The molecule has 0 amide bonds. The molecule has 1 fully saturated rings. The lowest BCUT2D eigenvalue weighted by Gasteiger charge is -2.23. The maximum atomic E-state index is 14.9. The van der Waals surface area contributed by atoms with Crippen molar-refractivity contribution in [1.29, 1.82) is 0 Å². The number of hydrogen-bond donors (Lipinski definition) is 1. The molecule has 0 atom stereocenters. The minimum atomic E-state index is -2.93. The van der Waals surface area contributed by atoms with Gasteiger partial charge in [-0.1, -0.05) is 6.07 Å². The average Bonchev–Trinajstić information content (AvgIpc) is 3.40. The summed E-state index contributed by atoms with van der Waals surface area (Å²) in [7, 11) is 0. The summed E-state index contributed by atoms with van der Waals surface area (Å²) in [5.41, 5.74) is 0.926. The van der Waals surface area contributed by atoms with Crippen molar-refractivity contribution in [2.24, 2.45) is 0 Å². The maximum Gasteiger partial charge on any atom is 0.329 e. The molecule has 3 heterocycles. The van der Waals surface area contributed by atoms with Gasteiger partial charge in [0.15, 0.2) is 0 Å². The van der Waals surface area contributed by atoms with Gasteiger partial charge in [0.05, 0.1) is 17.6 Å². The predicted molar refractivity (Wildman–Crippen MR) is 111 cm³/mol. The third-order valence-corrected chi connectivity index (χ3v) is 5.85. The van der Waals surface area contributed by atoms with Crippen LogP contribution in [0.15, 0.2) is 45.6 Å². The zero-order chi connectivity index (χ0) is 23.1. The second-order valence-electron chi connectivity index (χ2n) is 7.91. The minimum Gasteiger partial charge on any atom is -0.415 e. The summed E-state index contributed by atoms with van der Waals surface area (Å²) in [4.78, 5) is 13.3. The molecule has 1 N–H and O–H groups in total. The largest absolute Gasteiger partial charge is 0.415 e. The number of alkyl halides is 2. The molecule has 33 heavy (non-hydrogen) atoms. The number of aromatic nitrogens is 4. The van der Waals surface area contributed by atoms with Gasteiger partial charge >= 0.3 is 12.1 Å². The molecule has 0 radical (unpaired) electrons. The van der Waals surface area contributed by atoms with Gasteiger partial charge < -0.3 is 9.73 Å². The first-order valence-electron chi connectivity index (χ1n) is 10.4. The van der Waals surface area contributed by atoms with E-state index in [1.807, 2.05) is 0 Å². The molecule has 0 unspecified atom stereocenters. The maximum absolute atomic E-state index is 14.9. The fraction of sp³-hybridized carbons (Fsp3) is 0.318. The molecule has 5 rings (SSSR count). The van der Waals surface area contributed by atoms with Crippen LogP contribution in [0.1, 0.15) is 36.8 Å². The molecule has 172 valence electrons. The Kier molecular flexibility index (Phi) is 5.49. The normalized spacial score (nSPS) is 15.1. The molecule has 1 aliphatic heterocycles. The Morgan fingerprint density at radius 2 is 1.85 bits per heavy atom. The summed E-state index contributed by atoms with van der Waals surface area (Å²) in [5.74, 6) is -2.28. The summed E-state index contributed by atoms with van der Waals surface area (Å²) in [6, 6.07) is 8.04. The van der Waals surface area contributed by atoms with E-state index >= 15 is 0 Å². The molecule has 2 aromatic heterocycles. The fourth-order valence-electron chi connectivity index (χ4n) is 4.24. The number of fused-ring (bicyclic) bond motifs is 1. The van der Waals surface area contributed by atoms with E-state index < -0.39 is 24.0 Å². The van der Waals surface area contributed by atoms with Gasteiger partial charge in [-0.15, -0.1) is 10.2 Å². The smallest absolute Gasteiger partial charge is 0.329 e. The Morgan fingerprint density at radius 1 is 1.06 bits per heavy atom. The second kappa shape index (κ2) is 8.47. The highest BCUT2D eigenvalue weighted by Crippen LogP contribution is 2.27. The number of nitrogens with zero attached hydrogens (tertiary/aromatic N) is 4. The second-order valence-corrected chi connectivity index (χ2v) is 7.91. The Hall–Kier alpha value is -3.47. The molecule has 0 aliphatic carbocycles. The first kappa shape index (κ1) is 21.4. The molecular weight excluding hydrogens is 442 g/mol. The van der Waals surface area contributed by atoms with E-state index in [1.165, 1.54) is 28.8 Å². The summed E-state index contributed by atoms with van der Waals surface area (Å²) >= 11 is 0. The Bertz CT molecular complexity index is 1370. The summed E-state index contributed by atoms with van der Waals surface area (Å²) in [6.45, 7) is 1.41. The highest BCUT2D eigenvalue weighted by atomic mass is 19.3. The number of hydrogen-bond acceptors (Lipinski definition) is 5. The number of benzene rings is 2. The van der Waals surface area contributed by atoms with Gasteiger partial charge in [-0.2, -0.15) is 8.78 Å². The van der Waals surface area contributed by atoms with Crippen LogP contribution >= 0.6 is 0 Å². The molecule has 1 aliphatic rings. The van der Waals surface area contributed by atoms with Crippen molar-refractivity contribution in [3.05, 3.63) is 70.0 Å². The van der Waals surface area contributed by atoms with Gasteiger partial charge in [-0.25, -0.2) is 13.6 Å². The minimum absolute atomic E-state index is 0.0401. The van der Waals surface area contributed by atoms with Gasteiger partial charge in [0, 0.05) is 17.2 Å². The third-order valence-electron chi connectivity index (χ3n) is 5.85. The number of halogens is 4. The molecule has 0 saturated carbocycles. The van der Waals surface area contributed by atoms with Crippen LogP contribution in [0.3, 0.4) is 0 Å². The predicted octanol–water partition coefficient (Wildman–Crippen LogP) is 4.04. The molecule has 0 spiro atoms. The number of piperidine rings is 1. The van der Waals surface area contributed by atoms with Crippen LogP contribution in [-0.4, -0.2) is 32.4 Å². The van der Waals surface area contributed by atoms with Crippen molar-refractivity contribution in [2.45, 2.75) is 31.9 Å². The average molecular weight is 461 g/mol. The zero-order valence-corrected chi connectivity index (χ0v) is 17.3. The monoisotopic (exact) mass is 461 g/mol. The van der Waals surface area contributed by atoms with Crippen molar-refractivity contribution >= 4 is 11.0 Å². The van der Waals surface area contributed by atoms with Crippen LogP contribution in [-0.2, 0) is 6.54 Å². The van der Waals surface area contributed by atoms with E-state index in [9.17, 15) is 22.4 Å². The molecule has 1 saturated heterocycles. The lowest BCUT2D eigenvalue weighted by molar-refractivity contribution is 0.116. The van der Waals surface area contributed by atoms with Gasteiger partial charge in [0.2, 0.25) is 5.89 Å². The number of rotatable bonds is 5. The topological polar surface area (TPSA) is 77.9 Å². The summed E-state index contributed by atoms with van der Waals surface area (Å²) < 4.78 is 62.2. The standard InChI is InChI=1S/C22H19F4N5O2/c23-14-3-4-17-18(10-14)30(22(32)31(17)15-5-7-27-8-6-15)11-13-2-1-12(9-16(13)24)20-28-29-21(33-20)19(25)26/h1-4,9-10,15,19,27H,5-8,11H2. The molecule has 11 heteroatoms. The van der Waals surface area contributed by atoms with Crippen LogP contribution in [0, 0.1) is 11.6 Å². The number of nitrogens with one attached hydrogen (secondary N) is 1. The van der Waals surface area contributed by atoms with Crippen molar-refractivity contribution in [3.63, 3.8) is 0 Å². The van der Waals surface area contributed by atoms with E-state index in [2.05, 4.69) is 15.5 Å². The number of imidazole rings is 1. The molecular formula is C22H19F4N5O2. The van der Waals surface area contributed by atoms with Gasteiger partial charge in [0.25, 0.3) is 5.89 Å². The van der Waals surface area contributed by atoms with Crippen LogP contribution in [0.5, 0.6) is 0 Å². The van der Waals surface area contributed by atoms with Crippen molar-refractivity contribution < 1.29 is 22.0 Å². The van der Waals surface area contributed by atoms with E-state index in [0.717, 1.165) is 32.0 Å². The highest BCUT2D eigenvalue weighted by molar-refractivity contribution is 5.76. The first-order chi connectivity index (χ1) is 15.9. The molecule has 7 nitrogen and oxygen atoms in total. The van der Waals surface area contributed by atoms with Gasteiger partial charge in [-0.05, 0) is 56.3 Å². The van der Waals surface area contributed by atoms with E-state index in [1.54, 1.807) is 10.6 Å². The van der Waals surface area contributed by atoms with Crippen molar-refractivity contribution in [1.82, 2.24) is 24.6 Å². The van der Waals surface area contributed by atoms with Crippen LogP contribution in [0.2, 0.25) is 0 Å². The first-order valence-corrected chi connectivity index (χ1v) is 10.4. The lowest BCUT2D eigenvalue weighted by atomic mass is 10.1. The SMILES string of the molecule is O=c1n(Cc2ccc(-c3nnc(C(F)F)o3)cc2F)c2cc(F)ccc2n1C1CCNCC1. The van der Waals surface area contributed by atoms with Crippen LogP contribution < -0.4 is 11.0 Å². The summed E-state index contributed by atoms with van der Waals surface area (Å²) in [6.07, 6.45) is -1.42. The van der Waals surface area contributed by atoms with Gasteiger partial charge in [0.1, 0.15) is 11.6 Å². The van der Waals surface area contributed by atoms with Crippen molar-refractivity contribution in [2.75, 3.05) is 13.1 Å². The highest BCUT2D eigenvalue weighted by Gasteiger charge is 2.23. The Balaban J connectivity index is 1.53. The van der Waals surface area contributed by atoms with E-state index in [4.69, 9.17) is 4.42 Å². The quantitative estimate of drug-likeness (QED) is 0.454. The molecule has 4 aromatic rings. The van der Waals surface area contributed by atoms with E-state index in [-0.39, 0.29) is 35.3 Å². The van der Waals surface area contributed by atoms with Crippen molar-refractivity contribution in [3.8, 4) is 11.5 Å². The molecule has 0 bridgehead atoms. The Morgan fingerprint density at radius 3 is 2.55 bits per heavy atom. The third kappa shape index (κ3) is 3.92. The summed E-state index contributed by atoms with van der Waals surface area (Å²) in [5, 5.41) is 10.0. The fourth-order valence-corrected chi connectivity index (χ4v) is 4.24. The zero-order valence-electron chi connectivity index (χ0n) is 17.3. The lowest BCUT2D eigenvalue weighted by Crippen LogP contribution is -2.35. The molecule has 2 aromatic carbocycles. The van der Waals surface area contributed by atoms with Crippen LogP contribution in [0.25, 0.3) is 22.5 Å². The van der Waals surface area contributed by atoms with E-state index in [0.29, 0.717) is 11.0 Å². The Labute approximate surface area is 184 Å².